The zero-order chi connectivity index (χ0) is 12.7. The third-order valence-corrected chi connectivity index (χ3v) is 2.40. The lowest BCUT2D eigenvalue weighted by molar-refractivity contribution is -0.123. The zero-order valence-corrected chi connectivity index (χ0v) is 9.71. The highest BCUT2D eigenvalue weighted by Crippen LogP contribution is 2.02. The highest BCUT2D eigenvalue weighted by Gasteiger charge is 2.20. The van der Waals surface area contributed by atoms with Crippen molar-refractivity contribution in [3.63, 3.8) is 0 Å². The highest BCUT2D eigenvalue weighted by atomic mass is 16.4. The van der Waals surface area contributed by atoms with Gasteiger partial charge in [-0.15, -0.1) is 0 Å². The Balaban J connectivity index is 2.38. The van der Waals surface area contributed by atoms with Crippen LogP contribution >= 0.6 is 0 Å². The van der Waals surface area contributed by atoms with Crippen molar-refractivity contribution in [2.45, 2.75) is 19.9 Å². The Morgan fingerprint density at radius 2 is 2.47 bits per heavy atom. The molecule has 0 aromatic carbocycles. The molecule has 1 aromatic rings. The second kappa shape index (κ2) is 6.51. The number of nitrogens with two attached hydrogens (primary N) is 1. The molecule has 1 unspecified atom stereocenters. The minimum atomic E-state index is -0.586. The molecule has 94 valence electrons. The fourth-order valence-corrected chi connectivity index (χ4v) is 1.45. The molecule has 0 spiro atoms. The number of aromatic nitrogens is 2. The second-order valence-electron chi connectivity index (χ2n) is 3.55. The average molecular weight is 239 g/mol. The van der Waals surface area contributed by atoms with Crippen LogP contribution in [0.1, 0.15) is 13.3 Å². The summed E-state index contributed by atoms with van der Waals surface area (Å²) in [5.41, 5.74) is 5.42. The summed E-state index contributed by atoms with van der Waals surface area (Å²) in [4.78, 5) is 11.7. The number of amides is 1. The molecule has 0 aliphatic rings. The van der Waals surface area contributed by atoms with Crippen LogP contribution in [-0.4, -0.2) is 33.3 Å². The smallest absolute Gasteiger partial charge is 0.230 e. The lowest BCUT2D eigenvalue weighted by Gasteiger charge is -2.13. The molecule has 0 saturated heterocycles. The summed E-state index contributed by atoms with van der Waals surface area (Å²) >= 11 is 0. The van der Waals surface area contributed by atoms with Crippen LogP contribution in [0.4, 0.5) is 0 Å². The van der Waals surface area contributed by atoms with Crippen molar-refractivity contribution in [1.82, 2.24) is 15.1 Å². The van der Waals surface area contributed by atoms with E-state index in [1.54, 1.807) is 17.8 Å². The van der Waals surface area contributed by atoms with E-state index in [1.165, 1.54) is 0 Å². The second-order valence-corrected chi connectivity index (χ2v) is 3.55. The largest absolute Gasteiger partial charge is 0.409 e. The molecule has 1 heterocycles. The first-order valence-electron chi connectivity index (χ1n) is 5.41. The molecule has 0 fully saturated rings. The number of nitrogens with zero attached hydrogens (tertiary/aromatic N) is 3. The van der Waals surface area contributed by atoms with Crippen molar-refractivity contribution in [2.24, 2.45) is 16.8 Å². The molecule has 17 heavy (non-hydrogen) atoms. The Labute approximate surface area is 99.3 Å². The van der Waals surface area contributed by atoms with E-state index in [0.29, 0.717) is 19.5 Å². The third kappa shape index (κ3) is 3.78. The van der Waals surface area contributed by atoms with Crippen LogP contribution in [0.15, 0.2) is 23.6 Å². The van der Waals surface area contributed by atoms with E-state index >= 15 is 0 Å². The number of oxime groups is 1. The predicted molar refractivity (Wildman–Crippen MR) is 62.4 cm³/mol. The molecule has 4 N–H and O–H groups in total. The maximum absolute atomic E-state index is 11.7. The van der Waals surface area contributed by atoms with Gasteiger partial charge in [-0.05, 0) is 12.5 Å². The van der Waals surface area contributed by atoms with Crippen molar-refractivity contribution in [1.29, 1.82) is 0 Å². The Bertz CT molecular complexity index is 374. The summed E-state index contributed by atoms with van der Waals surface area (Å²) in [5, 5.41) is 18.1. The van der Waals surface area contributed by atoms with E-state index < -0.39 is 5.92 Å². The summed E-state index contributed by atoms with van der Waals surface area (Å²) in [6, 6.07) is 1.81. The quantitative estimate of drug-likeness (QED) is 0.276. The number of amidine groups is 1. The molecule has 0 aliphatic carbocycles. The van der Waals surface area contributed by atoms with Gasteiger partial charge in [-0.1, -0.05) is 12.1 Å². The Hall–Kier alpha value is -2.05. The van der Waals surface area contributed by atoms with Gasteiger partial charge in [0.1, 0.15) is 0 Å². The van der Waals surface area contributed by atoms with Gasteiger partial charge in [-0.2, -0.15) is 5.10 Å². The lowest BCUT2D eigenvalue weighted by atomic mass is 10.1. The molecule has 1 rings (SSSR count). The minimum Gasteiger partial charge on any atom is -0.409 e. The fourth-order valence-electron chi connectivity index (χ4n) is 1.45. The molecule has 7 nitrogen and oxygen atoms in total. The van der Waals surface area contributed by atoms with Crippen LogP contribution in [0, 0.1) is 5.92 Å². The van der Waals surface area contributed by atoms with Crippen molar-refractivity contribution in [3.8, 4) is 0 Å². The van der Waals surface area contributed by atoms with Crippen LogP contribution < -0.4 is 11.1 Å². The highest BCUT2D eigenvalue weighted by molar-refractivity contribution is 6.01. The minimum absolute atomic E-state index is 0.0657. The van der Waals surface area contributed by atoms with Crippen LogP contribution in [0.3, 0.4) is 0 Å². The summed E-state index contributed by atoms with van der Waals surface area (Å²) in [6.07, 6.45) is 3.98. The predicted octanol–water partition coefficient (Wildman–Crippen LogP) is -0.228. The van der Waals surface area contributed by atoms with Gasteiger partial charge < -0.3 is 16.3 Å². The Kier molecular flexibility index (Phi) is 4.99. The van der Waals surface area contributed by atoms with Gasteiger partial charge in [0, 0.05) is 18.9 Å². The molecular formula is C10H17N5O2. The van der Waals surface area contributed by atoms with E-state index in [0.717, 1.165) is 0 Å². The van der Waals surface area contributed by atoms with E-state index in [2.05, 4.69) is 15.6 Å². The van der Waals surface area contributed by atoms with Gasteiger partial charge in [-0.25, -0.2) is 0 Å². The van der Waals surface area contributed by atoms with E-state index in [1.807, 2.05) is 12.3 Å². The topological polar surface area (TPSA) is 106 Å². The molecule has 0 aliphatic heterocycles. The molecule has 1 amide bonds. The van der Waals surface area contributed by atoms with Gasteiger partial charge in [-0.3, -0.25) is 9.48 Å². The molecular weight excluding hydrogens is 222 g/mol. The Morgan fingerprint density at radius 3 is 3.00 bits per heavy atom. The number of rotatable bonds is 6. The van der Waals surface area contributed by atoms with Gasteiger partial charge in [0.05, 0.1) is 12.5 Å². The maximum atomic E-state index is 11.7. The van der Waals surface area contributed by atoms with Crippen molar-refractivity contribution >= 4 is 11.7 Å². The monoisotopic (exact) mass is 239 g/mol. The van der Waals surface area contributed by atoms with Gasteiger partial charge in [0.15, 0.2) is 5.84 Å². The first kappa shape index (κ1) is 13.0. The molecule has 1 atom stereocenters. The molecule has 0 saturated carbocycles. The van der Waals surface area contributed by atoms with Crippen molar-refractivity contribution < 1.29 is 10.0 Å². The van der Waals surface area contributed by atoms with Crippen LogP contribution in [0.5, 0.6) is 0 Å². The molecule has 7 heteroatoms. The normalized spacial score (nSPS) is 13.4. The van der Waals surface area contributed by atoms with Crippen LogP contribution in [0.2, 0.25) is 0 Å². The molecule has 1 aromatic heterocycles. The SMILES string of the molecule is CCC(C(=O)NCCn1cccn1)/C(N)=N/O. The third-order valence-electron chi connectivity index (χ3n) is 2.40. The number of hydrogen-bond donors (Lipinski definition) is 3. The fraction of sp³-hybridized carbons (Fsp3) is 0.500. The first-order valence-corrected chi connectivity index (χ1v) is 5.41. The lowest BCUT2D eigenvalue weighted by Crippen LogP contribution is -2.39. The molecule has 0 radical (unpaired) electrons. The van der Waals surface area contributed by atoms with Crippen molar-refractivity contribution in [2.75, 3.05) is 6.54 Å². The van der Waals surface area contributed by atoms with Crippen LogP contribution in [-0.2, 0) is 11.3 Å². The number of carbonyl (C=O) groups is 1. The van der Waals surface area contributed by atoms with Crippen LogP contribution in [0.25, 0.3) is 0 Å². The maximum Gasteiger partial charge on any atom is 0.230 e. The molecule has 0 bridgehead atoms. The number of nitrogens with one attached hydrogen (secondary N) is 1. The van der Waals surface area contributed by atoms with E-state index in [4.69, 9.17) is 10.9 Å². The summed E-state index contributed by atoms with van der Waals surface area (Å²) in [7, 11) is 0. The summed E-state index contributed by atoms with van der Waals surface area (Å²) < 4.78 is 1.71. The Morgan fingerprint density at radius 1 is 1.71 bits per heavy atom. The zero-order valence-electron chi connectivity index (χ0n) is 9.71. The first-order chi connectivity index (χ1) is 8.19. The number of hydrogen-bond acceptors (Lipinski definition) is 4. The number of carbonyl (C=O) groups excluding carboxylic acids is 1. The average Bonchev–Trinajstić information content (AvgIpc) is 2.82. The van der Waals surface area contributed by atoms with E-state index in [-0.39, 0.29) is 11.7 Å². The van der Waals surface area contributed by atoms with Crippen molar-refractivity contribution in [3.05, 3.63) is 18.5 Å². The standard InChI is InChI=1S/C10H17N5O2/c1-2-8(9(11)14-17)10(16)12-5-7-15-6-3-4-13-15/h3-4,6,8,17H,2,5,7H2,1H3,(H2,11,14)(H,12,16). The summed E-state index contributed by atoms with van der Waals surface area (Å²) in [6.45, 7) is 2.84. The van der Waals surface area contributed by atoms with Gasteiger partial charge in [0.2, 0.25) is 5.91 Å². The van der Waals surface area contributed by atoms with Gasteiger partial charge >= 0.3 is 0 Å². The summed E-state index contributed by atoms with van der Waals surface area (Å²) in [5.74, 6) is -0.892. The van der Waals surface area contributed by atoms with E-state index in [9.17, 15) is 4.79 Å². The van der Waals surface area contributed by atoms with Gasteiger partial charge in [0.25, 0.3) is 0 Å².